The summed E-state index contributed by atoms with van der Waals surface area (Å²) in [5.41, 5.74) is 2.96. The van der Waals surface area contributed by atoms with Crippen LogP contribution in [-0.2, 0) is 6.42 Å². The maximum absolute atomic E-state index is 3.62. The lowest BCUT2D eigenvalue weighted by atomic mass is 10.1. The Balaban J connectivity index is 1.67. The Morgan fingerprint density at radius 2 is 2.18 bits per heavy atom. The summed E-state index contributed by atoms with van der Waals surface area (Å²) in [6.45, 7) is 5.78. The van der Waals surface area contributed by atoms with Crippen LogP contribution < -0.4 is 10.2 Å². The highest BCUT2D eigenvalue weighted by Crippen LogP contribution is 2.27. The summed E-state index contributed by atoms with van der Waals surface area (Å²) >= 11 is 0. The molecule has 0 saturated carbocycles. The summed E-state index contributed by atoms with van der Waals surface area (Å²) < 4.78 is 0. The van der Waals surface area contributed by atoms with Gasteiger partial charge < -0.3 is 15.1 Å². The molecule has 0 bridgehead atoms. The normalized spacial score (nSPS) is 25.0. The van der Waals surface area contributed by atoms with Crippen LogP contribution >= 0.6 is 0 Å². The van der Waals surface area contributed by atoms with Crippen LogP contribution in [0.3, 0.4) is 0 Å². The molecule has 2 aliphatic rings. The molecule has 0 aliphatic carbocycles. The smallest absolute Gasteiger partial charge is 0.0400 e. The predicted molar refractivity (Wildman–Crippen MR) is 71.6 cm³/mol. The monoisotopic (exact) mass is 231 g/mol. The zero-order valence-corrected chi connectivity index (χ0v) is 10.5. The van der Waals surface area contributed by atoms with Crippen molar-refractivity contribution in [2.24, 2.45) is 0 Å². The van der Waals surface area contributed by atoms with Gasteiger partial charge in [0, 0.05) is 44.5 Å². The largest absolute Gasteiger partial charge is 0.369 e. The van der Waals surface area contributed by atoms with E-state index < -0.39 is 0 Å². The molecule has 0 spiro atoms. The lowest BCUT2D eigenvalue weighted by Gasteiger charge is -2.34. The first-order chi connectivity index (χ1) is 8.33. The Kier molecular flexibility index (Phi) is 3.04. The molecule has 3 heteroatoms. The Morgan fingerprint density at radius 1 is 1.29 bits per heavy atom. The number of rotatable bonds is 2. The number of para-hydroxylation sites is 1. The van der Waals surface area contributed by atoms with E-state index in [4.69, 9.17) is 0 Å². The van der Waals surface area contributed by atoms with Crippen LogP contribution in [0.4, 0.5) is 5.69 Å². The van der Waals surface area contributed by atoms with Gasteiger partial charge in [-0.15, -0.1) is 0 Å². The van der Waals surface area contributed by atoms with Gasteiger partial charge in [-0.3, -0.25) is 0 Å². The number of nitrogens with one attached hydrogen (secondary N) is 1. The molecule has 2 heterocycles. The molecule has 1 saturated heterocycles. The van der Waals surface area contributed by atoms with Gasteiger partial charge in [-0.1, -0.05) is 18.2 Å². The minimum atomic E-state index is 0.611. The van der Waals surface area contributed by atoms with Gasteiger partial charge in [0.15, 0.2) is 0 Å². The van der Waals surface area contributed by atoms with E-state index in [1.54, 1.807) is 0 Å². The third kappa shape index (κ3) is 2.31. The SMILES string of the molecule is CN1CCNC(CN2CCc3ccccc32)C1. The molecule has 1 fully saturated rings. The summed E-state index contributed by atoms with van der Waals surface area (Å²) in [6, 6.07) is 9.43. The van der Waals surface area contributed by atoms with Crippen molar-refractivity contribution in [3.8, 4) is 0 Å². The van der Waals surface area contributed by atoms with E-state index in [1.165, 1.54) is 37.3 Å². The quantitative estimate of drug-likeness (QED) is 0.817. The van der Waals surface area contributed by atoms with Crippen molar-refractivity contribution in [2.45, 2.75) is 12.5 Å². The summed E-state index contributed by atoms with van der Waals surface area (Å²) in [7, 11) is 2.21. The molecular weight excluding hydrogens is 210 g/mol. The molecule has 3 rings (SSSR count). The third-order valence-corrected chi connectivity index (χ3v) is 3.88. The minimum Gasteiger partial charge on any atom is -0.369 e. The first-order valence-corrected chi connectivity index (χ1v) is 6.58. The standard InChI is InChI=1S/C14H21N3/c1-16-9-7-15-13(10-16)11-17-8-6-12-4-2-3-5-14(12)17/h2-5,13,15H,6-11H2,1H3. The van der Waals surface area contributed by atoms with Crippen LogP contribution in [0, 0.1) is 0 Å². The van der Waals surface area contributed by atoms with Crippen LogP contribution in [0.5, 0.6) is 0 Å². The van der Waals surface area contributed by atoms with E-state index in [0.717, 1.165) is 13.1 Å². The molecule has 3 nitrogen and oxygen atoms in total. The maximum Gasteiger partial charge on any atom is 0.0400 e. The van der Waals surface area contributed by atoms with Crippen LogP contribution in [0.1, 0.15) is 5.56 Å². The highest BCUT2D eigenvalue weighted by molar-refractivity contribution is 5.57. The third-order valence-electron chi connectivity index (χ3n) is 3.88. The Labute approximate surface area is 103 Å². The highest BCUT2D eigenvalue weighted by Gasteiger charge is 2.23. The zero-order chi connectivity index (χ0) is 11.7. The van der Waals surface area contributed by atoms with Crippen LogP contribution in [0.15, 0.2) is 24.3 Å². The lowest BCUT2D eigenvalue weighted by molar-refractivity contribution is 0.240. The fourth-order valence-corrected chi connectivity index (χ4v) is 2.98. The summed E-state index contributed by atoms with van der Waals surface area (Å²) in [6.07, 6.45) is 1.21. The van der Waals surface area contributed by atoms with Gasteiger partial charge >= 0.3 is 0 Å². The van der Waals surface area contributed by atoms with Crippen molar-refractivity contribution in [1.29, 1.82) is 0 Å². The summed E-state index contributed by atoms with van der Waals surface area (Å²) in [5.74, 6) is 0. The average Bonchev–Trinajstić information content (AvgIpc) is 2.73. The lowest BCUT2D eigenvalue weighted by Crippen LogP contribution is -2.53. The molecule has 92 valence electrons. The second kappa shape index (κ2) is 4.67. The van der Waals surface area contributed by atoms with Crippen LogP contribution in [0.25, 0.3) is 0 Å². The molecule has 1 unspecified atom stereocenters. The Morgan fingerprint density at radius 3 is 3.06 bits per heavy atom. The van der Waals surface area contributed by atoms with Gasteiger partial charge in [0.2, 0.25) is 0 Å². The first kappa shape index (κ1) is 11.1. The fourth-order valence-electron chi connectivity index (χ4n) is 2.98. The molecule has 1 N–H and O–H groups in total. The van der Waals surface area contributed by atoms with E-state index in [-0.39, 0.29) is 0 Å². The summed E-state index contributed by atoms with van der Waals surface area (Å²) in [5, 5.41) is 3.62. The second-order valence-electron chi connectivity index (χ2n) is 5.24. The molecule has 0 aromatic heterocycles. The number of benzene rings is 1. The summed E-state index contributed by atoms with van der Waals surface area (Å²) in [4.78, 5) is 4.95. The molecule has 0 amide bonds. The van der Waals surface area contributed by atoms with Crippen LogP contribution in [0.2, 0.25) is 0 Å². The van der Waals surface area contributed by atoms with Gasteiger partial charge in [0.25, 0.3) is 0 Å². The molecule has 1 atom stereocenters. The van der Waals surface area contributed by atoms with E-state index in [2.05, 4.69) is 46.4 Å². The fraction of sp³-hybridized carbons (Fsp3) is 0.571. The number of likely N-dealkylation sites (N-methyl/N-ethyl adjacent to an activating group) is 1. The second-order valence-corrected chi connectivity index (χ2v) is 5.24. The zero-order valence-electron chi connectivity index (χ0n) is 10.5. The maximum atomic E-state index is 3.62. The molecule has 1 aromatic rings. The molecule has 0 radical (unpaired) electrons. The molecule has 17 heavy (non-hydrogen) atoms. The van der Waals surface area contributed by atoms with Gasteiger partial charge in [-0.2, -0.15) is 0 Å². The van der Waals surface area contributed by atoms with Crippen molar-refractivity contribution in [2.75, 3.05) is 44.7 Å². The van der Waals surface area contributed by atoms with Crippen LogP contribution in [-0.4, -0.2) is 50.7 Å². The van der Waals surface area contributed by atoms with Crippen molar-refractivity contribution in [1.82, 2.24) is 10.2 Å². The molecule has 2 aliphatic heterocycles. The van der Waals surface area contributed by atoms with E-state index in [9.17, 15) is 0 Å². The van der Waals surface area contributed by atoms with Crippen molar-refractivity contribution < 1.29 is 0 Å². The highest BCUT2D eigenvalue weighted by atomic mass is 15.2. The number of hydrogen-bond acceptors (Lipinski definition) is 3. The average molecular weight is 231 g/mol. The van der Waals surface area contributed by atoms with Gasteiger partial charge in [-0.25, -0.2) is 0 Å². The predicted octanol–water partition coefficient (Wildman–Crippen LogP) is 0.953. The van der Waals surface area contributed by atoms with Gasteiger partial charge in [-0.05, 0) is 25.1 Å². The van der Waals surface area contributed by atoms with Crippen molar-refractivity contribution >= 4 is 5.69 Å². The Hall–Kier alpha value is -1.06. The number of piperazine rings is 1. The van der Waals surface area contributed by atoms with Crippen molar-refractivity contribution in [3.63, 3.8) is 0 Å². The van der Waals surface area contributed by atoms with E-state index in [1.807, 2.05) is 0 Å². The number of hydrogen-bond donors (Lipinski definition) is 1. The Bertz CT molecular complexity index is 391. The number of anilines is 1. The molecule has 1 aromatic carbocycles. The number of fused-ring (bicyclic) bond motifs is 1. The first-order valence-electron chi connectivity index (χ1n) is 6.58. The van der Waals surface area contributed by atoms with Gasteiger partial charge in [0.1, 0.15) is 0 Å². The van der Waals surface area contributed by atoms with Gasteiger partial charge in [0.05, 0.1) is 0 Å². The topological polar surface area (TPSA) is 18.5 Å². The number of nitrogens with zero attached hydrogens (tertiary/aromatic N) is 2. The minimum absolute atomic E-state index is 0.611. The van der Waals surface area contributed by atoms with Crippen molar-refractivity contribution in [3.05, 3.63) is 29.8 Å². The van der Waals surface area contributed by atoms with E-state index in [0.29, 0.717) is 6.04 Å². The van der Waals surface area contributed by atoms with E-state index >= 15 is 0 Å². The molecular formula is C14H21N3.